The van der Waals surface area contributed by atoms with Crippen LogP contribution in [0.25, 0.3) is 0 Å². The normalized spacial score (nSPS) is 25.4. The molecule has 0 aliphatic carbocycles. The second-order valence-corrected chi connectivity index (χ2v) is 6.51. The first-order valence-corrected chi connectivity index (χ1v) is 8.27. The predicted octanol–water partition coefficient (Wildman–Crippen LogP) is 3.09. The Hall–Kier alpha value is -2.52. The van der Waals surface area contributed by atoms with E-state index >= 15 is 0 Å². The summed E-state index contributed by atoms with van der Waals surface area (Å²) < 4.78 is 54.5. The molecule has 9 heteroatoms. The molecule has 0 amide bonds. The Morgan fingerprint density at radius 1 is 1.07 bits per heavy atom. The van der Waals surface area contributed by atoms with Crippen LogP contribution in [-0.4, -0.2) is 27.9 Å². The van der Waals surface area contributed by atoms with E-state index in [1.54, 1.807) is 11.4 Å². The Bertz CT molecular complexity index is 858. The SMILES string of the molecule is O=C(c1ccccc1)[C@@H]1[C@H](c2ccc(F)cc2)NC(=S)N[C@@]1(O)C(F)(F)F. The van der Waals surface area contributed by atoms with E-state index < -0.39 is 40.6 Å². The van der Waals surface area contributed by atoms with Gasteiger partial charge in [0.2, 0.25) is 5.72 Å². The number of hydrogen-bond acceptors (Lipinski definition) is 3. The lowest BCUT2D eigenvalue weighted by Crippen LogP contribution is -2.72. The maximum absolute atomic E-state index is 13.8. The average molecular weight is 398 g/mol. The van der Waals surface area contributed by atoms with Crippen molar-refractivity contribution in [2.45, 2.75) is 17.9 Å². The molecule has 0 saturated carbocycles. The first-order chi connectivity index (χ1) is 12.6. The Labute approximate surface area is 157 Å². The molecule has 4 nitrogen and oxygen atoms in total. The Morgan fingerprint density at radius 2 is 1.67 bits per heavy atom. The standard InChI is InChI=1S/C18H14F4N2O2S/c19-12-8-6-10(7-9-12)14-13(15(25)11-4-2-1-3-5-11)17(26,18(20,21)22)24-16(27)23-14/h1-9,13-14,26H,(H2,23,24,27)/t13-,14-,17-/m0/s1. The summed E-state index contributed by atoms with van der Waals surface area (Å²) in [7, 11) is 0. The summed E-state index contributed by atoms with van der Waals surface area (Å²) in [5.41, 5.74) is -3.42. The second-order valence-electron chi connectivity index (χ2n) is 6.10. The zero-order valence-corrected chi connectivity index (χ0v) is 14.4. The molecule has 0 spiro atoms. The van der Waals surface area contributed by atoms with Crippen LogP contribution in [0.15, 0.2) is 54.6 Å². The monoisotopic (exact) mass is 398 g/mol. The molecular formula is C18H14F4N2O2S. The van der Waals surface area contributed by atoms with Crippen molar-refractivity contribution in [3.8, 4) is 0 Å². The number of halogens is 4. The maximum atomic E-state index is 13.8. The quantitative estimate of drug-likeness (QED) is 0.421. The highest BCUT2D eigenvalue weighted by atomic mass is 32.1. The number of benzene rings is 2. The van der Waals surface area contributed by atoms with E-state index in [2.05, 4.69) is 5.32 Å². The van der Waals surface area contributed by atoms with E-state index in [1.807, 2.05) is 0 Å². The molecule has 0 unspecified atom stereocenters. The van der Waals surface area contributed by atoms with E-state index in [-0.39, 0.29) is 11.1 Å². The summed E-state index contributed by atoms with van der Waals surface area (Å²) in [5.74, 6) is -3.53. The minimum Gasteiger partial charge on any atom is -0.363 e. The van der Waals surface area contributed by atoms with Crippen molar-refractivity contribution in [1.82, 2.24) is 10.6 Å². The number of Topliss-reactive ketones (excluding diaryl/α,β-unsaturated/α-hetero) is 1. The molecule has 2 aromatic carbocycles. The molecule has 1 aliphatic heterocycles. The molecule has 1 fully saturated rings. The number of nitrogens with one attached hydrogen (secondary N) is 2. The molecule has 3 rings (SSSR count). The molecule has 1 aliphatic rings. The minimum absolute atomic E-state index is 0.00583. The molecule has 0 bridgehead atoms. The highest BCUT2D eigenvalue weighted by molar-refractivity contribution is 7.80. The van der Waals surface area contributed by atoms with Crippen LogP contribution in [-0.2, 0) is 0 Å². The van der Waals surface area contributed by atoms with Gasteiger partial charge in [0.15, 0.2) is 10.9 Å². The van der Waals surface area contributed by atoms with Crippen molar-refractivity contribution in [3.05, 3.63) is 71.5 Å². The Morgan fingerprint density at radius 3 is 2.22 bits per heavy atom. The smallest absolute Gasteiger partial charge is 0.363 e. The lowest BCUT2D eigenvalue weighted by atomic mass is 9.77. The van der Waals surface area contributed by atoms with Crippen LogP contribution in [0, 0.1) is 11.7 Å². The van der Waals surface area contributed by atoms with Gasteiger partial charge in [0.1, 0.15) is 11.7 Å². The molecule has 0 aromatic heterocycles. The summed E-state index contributed by atoms with van der Waals surface area (Å²) in [5, 5.41) is 14.4. The molecule has 1 saturated heterocycles. The van der Waals surface area contributed by atoms with Crippen molar-refractivity contribution in [2.24, 2.45) is 5.92 Å². The van der Waals surface area contributed by atoms with Gasteiger partial charge in [-0.1, -0.05) is 42.5 Å². The van der Waals surface area contributed by atoms with E-state index in [4.69, 9.17) is 12.2 Å². The van der Waals surface area contributed by atoms with Crippen molar-refractivity contribution in [3.63, 3.8) is 0 Å². The molecule has 0 radical (unpaired) electrons. The number of ketones is 1. The van der Waals surface area contributed by atoms with Crippen LogP contribution in [0.4, 0.5) is 17.6 Å². The third-order valence-electron chi connectivity index (χ3n) is 4.38. The number of carbonyl (C=O) groups is 1. The van der Waals surface area contributed by atoms with Crippen LogP contribution >= 0.6 is 12.2 Å². The zero-order valence-electron chi connectivity index (χ0n) is 13.6. The van der Waals surface area contributed by atoms with E-state index in [9.17, 15) is 27.5 Å². The van der Waals surface area contributed by atoms with Crippen molar-refractivity contribution >= 4 is 23.1 Å². The van der Waals surface area contributed by atoms with E-state index in [0.29, 0.717) is 0 Å². The van der Waals surface area contributed by atoms with Crippen molar-refractivity contribution in [1.29, 1.82) is 0 Å². The number of thiocarbonyl (C=S) groups is 1. The molecule has 1 heterocycles. The van der Waals surface area contributed by atoms with Gasteiger partial charge >= 0.3 is 6.18 Å². The highest BCUT2D eigenvalue weighted by Crippen LogP contribution is 2.43. The molecular weight excluding hydrogens is 384 g/mol. The van der Waals surface area contributed by atoms with E-state index in [1.165, 1.54) is 36.4 Å². The van der Waals surface area contributed by atoms with Gasteiger partial charge in [0, 0.05) is 5.56 Å². The van der Waals surface area contributed by atoms with Crippen LogP contribution in [0.5, 0.6) is 0 Å². The van der Waals surface area contributed by atoms with Gasteiger partial charge in [-0.3, -0.25) is 4.79 Å². The van der Waals surface area contributed by atoms with Gasteiger partial charge < -0.3 is 15.7 Å². The Balaban J connectivity index is 2.15. The van der Waals surface area contributed by atoms with Gasteiger partial charge in [0.05, 0.1) is 6.04 Å². The van der Waals surface area contributed by atoms with Crippen LogP contribution < -0.4 is 10.6 Å². The molecule has 142 valence electrons. The number of aliphatic hydroxyl groups is 1. The second kappa shape index (κ2) is 6.90. The lowest BCUT2D eigenvalue weighted by molar-refractivity contribution is -0.285. The zero-order chi connectivity index (χ0) is 19.8. The van der Waals surface area contributed by atoms with Gasteiger partial charge in [-0.15, -0.1) is 0 Å². The predicted molar refractivity (Wildman–Crippen MR) is 93.3 cm³/mol. The molecule has 2 aromatic rings. The summed E-state index contributed by atoms with van der Waals surface area (Å²) in [6.45, 7) is 0. The topological polar surface area (TPSA) is 61.4 Å². The first-order valence-electron chi connectivity index (χ1n) is 7.86. The van der Waals surface area contributed by atoms with Crippen LogP contribution in [0.1, 0.15) is 22.0 Å². The third-order valence-corrected chi connectivity index (χ3v) is 4.60. The van der Waals surface area contributed by atoms with Gasteiger partial charge in [-0.2, -0.15) is 13.2 Å². The van der Waals surface area contributed by atoms with Crippen LogP contribution in [0.2, 0.25) is 0 Å². The summed E-state index contributed by atoms with van der Waals surface area (Å²) in [6, 6.07) is 10.6. The summed E-state index contributed by atoms with van der Waals surface area (Å²) in [4.78, 5) is 13.0. The van der Waals surface area contributed by atoms with Gasteiger partial charge in [-0.25, -0.2) is 4.39 Å². The molecule has 3 N–H and O–H groups in total. The van der Waals surface area contributed by atoms with Gasteiger partial charge in [0.25, 0.3) is 0 Å². The lowest BCUT2D eigenvalue weighted by Gasteiger charge is -2.46. The van der Waals surface area contributed by atoms with Crippen molar-refractivity contribution in [2.75, 3.05) is 0 Å². The number of alkyl halides is 3. The fraction of sp³-hybridized carbons (Fsp3) is 0.222. The first kappa shape index (κ1) is 19.2. The largest absolute Gasteiger partial charge is 0.437 e. The van der Waals surface area contributed by atoms with E-state index in [0.717, 1.165) is 12.1 Å². The number of hydrogen-bond donors (Lipinski definition) is 3. The molecule has 3 atom stereocenters. The van der Waals surface area contributed by atoms with Gasteiger partial charge in [-0.05, 0) is 29.9 Å². The van der Waals surface area contributed by atoms with Crippen molar-refractivity contribution < 1.29 is 27.5 Å². The molecule has 27 heavy (non-hydrogen) atoms. The number of carbonyl (C=O) groups excluding carboxylic acids is 1. The fourth-order valence-electron chi connectivity index (χ4n) is 3.07. The number of rotatable bonds is 3. The fourth-order valence-corrected chi connectivity index (χ4v) is 3.35. The minimum atomic E-state index is -5.20. The van der Waals surface area contributed by atoms with Crippen LogP contribution in [0.3, 0.4) is 0 Å². The third kappa shape index (κ3) is 3.52. The highest BCUT2D eigenvalue weighted by Gasteiger charge is 2.65. The Kier molecular flexibility index (Phi) is 4.92. The summed E-state index contributed by atoms with van der Waals surface area (Å²) >= 11 is 4.81. The average Bonchev–Trinajstić information content (AvgIpc) is 2.61. The maximum Gasteiger partial charge on any atom is 0.437 e. The summed E-state index contributed by atoms with van der Waals surface area (Å²) in [6.07, 6.45) is -5.20.